The Kier molecular flexibility index (Phi) is 3.21. The van der Waals surface area contributed by atoms with Crippen LogP contribution in [0.4, 0.5) is 5.69 Å². The summed E-state index contributed by atoms with van der Waals surface area (Å²) in [5, 5.41) is 12.5. The fraction of sp³-hybridized carbons (Fsp3) is 0.100. The summed E-state index contributed by atoms with van der Waals surface area (Å²) in [6.45, 7) is 0. The number of hydrogen-bond acceptors (Lipinski definition) is 5. The van der Waals surface area contributed by atoms with Crippen molar-refractivity contribution in [3.8, 4) is 0 Å². The molecule has 2 aromatic rings. The Balaban J connectivity index is 2.34. The minimum Gasteiger partial charge on any atom is -0.477 e. The zero-order chi connectivity index (χ0) is 14.0. The number of anilines is 1. The van der Waals surface area contributed by atoms with Crippen molar-refractivity contribution in [1.82, 2.24) is 14.8 Å². The third-order valence-corrected chi connectivity index (χ3v) is 3.74. The van der Waals surface area contributed by atoms with Gasteiger partial charge in [0, 0.05) is 13.2 Å². The minimum atomic E-state index is -3.81. The highest BCUT2D eigenvalue weighted by Crippen LogP contribution is 2.15. The van der Waals surface area contributed by atoms with Gasteiger partial charge in [0.2, 0.25) is 0 Å². The Hall–Kier alpha value is -2.42. The van der Waals surface area contributed by atoms with Crippen LogP contribution in [0, 0.1) is 0 Å². The number of carboxylic acid groups (broad SMARTS) is 1. The molecule has 2 N–H and O–H groups in total. The van der Waals surface area contributed by atoms with Gasteiger partial charge in [-0.05, 0) is 18.2 Å². The molecule has 0 aliphatic heterocycles. The van der Waals surface area contributed by atoms with Crippen molar-refractivity contribution in [2.45, 2.75) is 5.03 Å². The first-order chi connectivity index (χ1) is 8.90. The predicted molar refractivity (Wildman–Crippen MR) is 65.2 cm³/mol. The summed E-state index contributed by atoms with van der Waals surface area (Å²) >= 11 is 0. The quantitative estimate of drug-likeness (QED) is 0.834. The summed E-state index contributed by atoms with van der Waals surface area (Å²) in [4.78, 5) is 14.3. The van der Waals surface area contributed by atoms with Crippen molar-refractivity contribution in [3.05, 3.63) is 36.3 Å². The number of sulfonamides is 1. The average molecular weight is 282 g/mol. The van der Waals surface area contributed by atoms with E-state index in [0.717, 1.165) is 6.07 Å². The smallest absolute Gasteiger partial charge is 0.354 e. The lowest BCUT2D eigenvalue weighted by molar-refractivity contribution is 0.0690. The van der Waals surface area contributed by atoms with Gasteiger partial charge in [-0.2, -0.15) is 13.5 Å². The van der Waals surface area contributed by atoms with Crippen molar-refractivity contribution in [2.75, 3.05) is 4.72 Å². The van der Waals surface area contributed by atoms with Gasteiger partial charge in [0.15, 0.2) is 5.03 Å². The van der Waals surface area contributed by atoms with E-state index in [4.69, 9.17) is 5.11 Å². The van der Waals surface area contributed by atoms with Crippen LogP contribution in [-0.4, -0.2) is 34.3 Å². The molecule has 0 radical (unpaired) electrons. The first-order valence-corrected chi connectivity index (χ1v) is 6.58. The molecular formula is C10H10N4O4S. The maximum atomic E-state index is 12.0. The molecule has 9 heteroatoms. The summed E-state index contributed by atoms with van der Waals surface area (Å²) in [5.41, 5.74) is -0.126. The van der Waals surface area contributed by atoms with Crippen LogP contribution in [0.2, 0.25) is 0 Å². The van der Waals surface area contributed by atoms with Gasteiger partial charge in [-0.25, -0.2) is 9.78 Å². The molecule has 8 nitrogen and oxygen atoms in total. The summed E-state index contributed by atoms with van der Waals surface area (Å²) < 4.78 is 27.5. The number of aromatic carboxylic acids is 1. The van der Waals surface area contributed by atoms with Crippen LogP contribution in [0.15, 0.2) is 35.6 Å². The fourth-order valence-electron chi connectivity index (χ4n) is 1.44. The molecule has 0 amide bonds. The lowest BCUT2D eigenvalue weighted by Crippen LogP contribution is -2.17. The SMILES string of the molecule is Cn1nccc1S(=O)(=O)Nc1ccnc(C(=O)O)c1. The van der Waals surface area contributed by atoms with Gasteiger partial charge < -0.3 is 5.11 Å². The number of rotatable bonds is 4. The first kappa shape index (κ1) is 13.0. The number of carboxylic acids is 1. The van der Waals surface area contributed by atoms with Crippen molar-refractivity contribution in [1.29, 1.82) is 0 Å². The van der Waals surface area contributed by atoms with Gasteiger partial charge in [0.1, 0.15) is 5.69 Å². The number of hydrogen-bond donors (Lipinski definition) is 2. The molecule has 0 fully saturated rings. The largest absolute Gasteiger partial charge is 0.477 e. The zero-order valence-corrected chi connectivity index (χ0v) is 10.6. The van der Waals surface area contributed by atoms with E-state index < -0.39 is 16.0 Å². The Morgan fingerprint density at radius 2 is 2.11 bits per heavy atom. The molecule has 0 unspecified atom stereocenters. The third-order valence-electron chi connectivity index (χ3n) is 2.28. The van der Waals surface area contributed by atoms with Gasteiger partial charge >= 0.3 is 5.97 Å². The number of pyridine rings is 1. The van der Waals surface area contributed by atoms with Crippen LogP contribution in [0.5, 0.6) is 0 Å². The predicted octanol–water partition coefficient (Wildman–Crippen LogP) is 0.314. The summed E-state index contributed by atoms with van der Waals surface area (Å²) in [7, 11) is -2.32. The van der Waals surface area contributed by atoms with E-state index in [-0.39, 0.29) is 16.4 Å². The van der Waals surface area contributed by atoms with Gasteiger partial charge in [-0.3, -0.25) is 9.40 Å². The summed E-state index contributed by atoms with van der Waals surface area (Å²) in [6, 6.07) is 3.83. The molecule has 0 spiro atoms. The Labute approximate surface area is 108 Å². The average Bonchev–Trinajstić information content (AvgIpc) is 2.76. The lowest BCUT2D eigenvalue weighted by atomic mass is 10.3. The lowest BCUT2D eigenvalue weighted by Gasteiger charge is -2.08. The second-order valence-electron chi connectivity index (χ2n) is 3.63. The Morgan fingerprint density at radius 1 is 1.37 bits per heavy atom. The van der Waals surface area contributed by atoms with E-state index in [9.17, 15) is 13.2 Å². The van der Waals surface area contributed by atoms with Crippen LogP contribution in [0.1, 0.15) is 10.5 Å². The van der Waals surface area contributed by atoms with Crippen molar-refractivity contribution in [3.63, 3.8) is 0 Å². The van der Waals surface area contributed by atoms with E-state index in [0.29, 0.717) is 0 Å². The first-order valence-electron chi connectivity index (χ1n) is 5.10. The molecule has 2 heterocycles. The maximum absolute atomic E-state index is 12.0. The molecule has 0 aromatic carbocycles. The molecule has 0 bridgehead atoms. The van der Waals surface area contributed by atoms with Gasteiger partial charge in [-0.15, -0.1) is 0 Å². The highest BCUT2D eigenvalue weighted by molar-refractivity contribution is 7.92. The number of nitrogens with one attached hydrogen (secondary N) is 1. The summed E-state index contributed by atoms with van der Waals surface area (Å²) in [5.74, 6) is -1.23. The van der Waals surface area contributed by atoms with Gasteiger partial charge in [-0.1, -0.05) is 0 Å². The maximum Gasteiger partial charge on any atom is 0.354 e. The molecule has 100 valence electrons. The van der Waals surface area contributed by atoms with Gasteiger partial charge in [0.25, 0.3) is 10.0 Å². The standard InChI is InChI=1S/C10H10N4O4S/c1-14-9(3-5-12-14)19(17,18)13-7-2-4-11-8(6-7)10(15)16/h2-6H,1H3,(H,11,13)(H,15,16). The molecule has 0 saturated carbocycles. The molecule has 2 aromatic heterocycles. The van der Waals surface area contributed by atoms with Crippen LogP contribution in [-0.2, 0) is 17.1 Å². The van der Waals surface area contributed by atoms with Crippen molar-refractivity contribution >= 4 is 21.7 Å². The number of aryl methyl sites for hydroxylation is 1. The molecule has 0 aliphatic rings. The van der Waals surface area contributed by atoms with Crippen molar-refractivity contribution < 1.29 is 18.3 Å². The number of nitrogens with zero attached hydrogens (tertiary/aromatic N) is 3. The molecular weight excluding hydrogens is 272 g/mol. The van der Waals surface area contributed by atoms with E-state index in [1.807, 2.05) is 0 Å². The van der Waals surface area contributed by atoms with Crippen molar-refractivity contribution in [2.24, 2.45) is 7.05 Å². The van der Waals surface area contributed by atoms with Crippen LogP contribution in [0.25, 0.3) is 0 Å². The fourth-order valence-corrected chi connectivity index (χ4v) is 2.62. The topological polar surface area (TPSA) is 114 Å². The molecule has 2 rings (SSSR count). The second kappa shape index (κ2) is 4.69. The highest BCUT2D eigenvalue weighted by Gasteiger charge is 2.18. The Morgan fingerprint density at radius 3 is 2.68 bits per heavy atom. The van der Waals surface area contributed by atoms with Gasteiger partial charge in [0.05, 0.1) is 11.9 Å². The van der Waals surface area contributed by atoms with Crippen LogP contribution in [0.3, 0.4) is 0 Å². The van der Waals surface area contributed by atoms with E-state index >= 15 is 0 Å². The molecule has 19 heavy (non-hydrogen) atoms. The second-order valence-corrected chi connectivity index (χ2v) is 5.26. The third kappa shape index (κ3) is 2.71. The number of aromatic nitrogens is 3. The minimum absolute atomic E-state index is 0.0267. The van der Waals surface area contributed by atoms with Crippen LogP contribution >= 0.6 is 0 Å². The Bertz CT molecular complexity index is 723. The molecule has 0 saturated heterocycles. The van der Waals surface area contributed by atoms with Crippen LogP contribution < -0.4 is 4.72 Å². The van der Waals surface area contributed by atoms with E-state index in [1.165, 1.54) is 36.3 Å². The van der Waals surface area contributed by atoms with E-state index in [1.54, 1.807) is 0 Å². The number of carbonyl (C=O) groups is 1. The summed E-state index contributed by atoms with van der Waals surface area (Å²) in [6.07, 6.45) is 2.56. The zero-order valence-electron chi connectivity index (χ0n) is 9.81. The normalized spacial score (nSPS) is 11.2. The monoisotopic (exact) mass is 282 g/mol. The molecule has 0 atom stereocenters. The van der Waals surface area contributed by atoms with E-state index in [2.05, 4.69) is 14.8 Å². The molecule has 0 aliphatic carbocycles. The highest BCUT2D eigenvalue weighted by atomic mass is 32.2.